The Labute approximate surface area is 120 Å². The normalized spacial score (nSPS) is 12.7. The van der Waals surface area contributed by atoms with Crippen molar-refractivity contribution in [3.8, 4) is 5.75 Å². The molecule has 0 fully saturated rings. The van der Waals surface area contributed by atoms with E-state index in [1.807, 2.05) is 0 Å². The molecule has 0 bridgehead atoms. The number of carboxylic acid groups (broad SMARTS) is 1. The van der Waals surface area contributed by atoms with Crippen LogP contribution < -0.4 is 10.1 Å². The summed E-state index contributed by atoms with van der Waals surface area (Å²) in [5.41, 5.74) is 0.661. The van der Waals surface area contributed by atoms with Crippen LogP contribution in [-0.4, -0.2) is 47.5 Å². The van der Waals surface area contributed by atoms with Gasteiger partial charge in [-0.25, -0.2) is 0 Å². The lowest BCUT2D eigenvalue weighted by Gasteiger charge is -2.21. The number of aliphatic carboxylic acids is 1. The number of fused-ring (bicyclic) bond motifs is 1. The Morgan fingerprint density at radius 1 is 1.48 bits per heavy atom. The second kappa shape index (κ2) is 6.08. The van der Waals surface area contributed by atoms with E-state index in [1.165, 1.54) is 18.2 Å². The van der Waals surface area contributed by atoms with Crippen LogP contribution in [-0.2, 0) is 9.59 Å². The molecule has 0 saturated heterocycles. The quantitative estimate of drug-likeness (QED) is 0.779. The zero-order valence-electron chi connectivity index (χ0n) is 11.2. The second-order valence-electron chi connectivity index (χ2n) is 4.42. The molecule has 1 aliphatic heterocycles. The van der Waals surface area contributed by atoms with Gasteiger partial charge in [-0.2, -0.15) is 0 Å². The molecule has 2 amide bonds. The highest BCUT2D eigenvalue weighted by Gasteiger charge is 2.21. The Kier molecular flexibility index (Phi) is 4.22. The Hall–Kier alpha value is -2.83. The first kappa shape index (κ1) is 14.6. The number of carbonyl (C=O) groups is 3. The molecule has 1 aromatic carbocycles. The second-order valence-corrected chi connectivity index (χ2v) is 4.42. The van der Waals surface area contributed by atoms with E-state index in [9.17, 15) is 14.4 Å². The number of carboxylic acids is 1. The van der Waals surface area contributed by atoms with Gasteiger partial charge in [-0.1, -0.05) is 6.08 Å². The molecule has 0 atom stereocenters. The minimum atomic E-state index is -1.11. The standard InChI is InChI=1S/C14H14N2O5/c1-2-5-16(7-13(18)19)14(20)9-3-4-11-10(6-9)15-12(17)8-21-11/h2-4,6H,1,5,7-8H2,(H,15,17)(H,18,19). The zero-order chi connectivity index (χ0) is 15.4. The van der Waals surface area contributed by atoms with E-state index >= 15 is 0 Å². The number of nitrogens with one attached hydrogen (secondary N) is 1. The summed E-state index contributed by atoms with van der Waals surface area (Å²) in [6.07, 6.45) is 1.45. The molecular formula is C14H14N2O5. The first-order chi connectivity index (χ1) is 10.0. The van der Waals surface area contributed by atoms with Crippen LogP contribution >= 0.6 is 0 Å². The maximum atomic E-state index is 12.3. The molecule has 0 spiro atoms. The predicted molar refractivity (Wildman–Crippen MR) is 74.3 cm³/mol. The van der Waals surface area contributed by atoms with E-state index in [2.05, 4.69) is 11.9 Å². The lowest BCUT2D eigenvalue weighted by Crippen LogP contribution is -2.36. The fourth-order valence-electron chi connectivity index (χ4n) is 1.94. The smallest absolute Gasteiger partial charge is 0.323 e. The van der Waals surface area contributed by atoms with Crippen molar-refractivity contribution >= 4 is 23.5 Å². The molecular weight excluding hydrogens is 276 g/mol. The number of carbonyl (C=O) groups excluding carboxylic acids is 2. The van der Waals surface area contributed by atoms with Crippen LogP contribution in [0.25, 0.3) is 0 Å². The van der Waals surface area contributed by atoms with Crippen molar-refractivity contribution in [3.05, 3.63) is 36.4 Å². The van der Waals surface area contributed by atoms with Crippen molar-refractivity contribution < 1.29 is 24.2 Å². The Morgan fingerprint density at radius 2 is 2.24 bits per heavy atom. The van der Waals surface area contributed by atoms with Crippen molar-refractivity contribution in [1.82, 2.24) is 4.90 Å². The van der Waals surface area contributed by atoms with E-state index in [4.69, 9.17) is 9.84 Å². The van der Waals surface area contributed by atoms with Crippen LogP contribution in [0.2, 0.25) is 0 Å². The van der Waals surface area contributed by atoms with Gasteiger partial charge in [0.15, 0.2) is 6.61 Å². The van der Waals surface area contributed by atoms with Gasteiger partial charge in [0.2, 0.25) is 0 Å². The summed E-state index contributed by atoms with van der Waals surface area (Å²) in [5, 5.41) is 11.4. The Morgan fingerprint density at radius 3 is 2.90 bits per heavy atom. The van der Waals surface area contributed by atoms with E-state index in [-0.39, 0.29) is 24.6 Å². The molecule has 21 heavy (non-hydrogen) atoms. The van der Waals surface area contributed by atoms with E-state index in [0.29, 0.717) is 11.4 Å². The first-order valence-corrected chi connectivity index (χ1v) is 6.20. The van der Waals surface area contributed by atoms with Gasteiger partial charge in [0.05, 0.1) is 5.69 Å². The van der Waals surface area contributed by atoms with E-state index in [0.717, 1.165) is 4.90 Å². The number of hydrogen-bond acceptors (Lipinski definition) is 4. The SMILES string of the molecule is C=CCN(CC(=O)O)C(=O)c1ccc2c(c1)NC(=O)CO2. The van der Waals surface area contributed by atoms with Crippen molar-refractivity contribution in [2.75, 3.05) is 25.0 Å². The largest absolute Gasteiger partial charge is 0.482 e. The molecule has 0 radical (unpaired) electrons. The molecule has 0 aromatic heterocycles. The van der Waals surface area contributed by atoms with Crippen LogP contribution in [0.3, 0.4) is 0 Å². The van der Waals surface area contributed by atoms with Crippen LogP contribution in [0.1, 0.15) is 10.4 Å². The van der Waals surface area contributed by atoms with Gasteiger partial charge >= 0.3 is 5.97 Å². The molecule has 1 aromatic rings. The summed E-state index contributed by atoms with van der Waals surface area (Å²) >= 11 is 0. The lowest BCUT2D eigenvalue weighted by molar-refractivity contribution is -0.137. The summed E-state index contributed by atoms with van der Waals surface area (Å²) in [5.74, 6) is -1.40. The first-order valence-electron chi connectivity index (χ1n) is 6.20. The third-order valence-electron chi connectivity index (χ3n) is 2.82. The molecule has 110 valence electrons. The van der Waals surface area contributed by atoms with Crippen LogP contribution in [0.5, 0.6) is 5.75 Å². The number of nitrogens with zero attached hydrogens (tertiary/aromatic N) is 1. The number of anilines is 1. The van der Waals surface area contributed by atoms with Gasteiger partial charge in [-0.3, -0.25) is 14.4 Å². The summed E-state index contributed by atoms with van der Waals surface area (Å²) in [4.78, 5) is 35.5. The number of hydrogen-bond donors (Lipinski definition) is 2. The summed E-state index contributed by atoms with van der Waals surface area (Å²) < 4.78 is 5.20. The number of rotatable bonds is 5. The topological polar surface area (TPSA) is 95.9 Å². The third kappa shape index (κ3) is 3.38. The fraction of sp³-hybridized carbons (Fsp3) is 0.214. The Balaban J connectivity index is 2.25. The summed E-state index contributed by atoms with van der Waals surface area (Å²) in [6, 6.07) is 4.55. The van der Waals surface area contributed by atoms with Gasteiger partial charge in [0.25, 0.3) is 11.8 Å². The maximum Gasteiger partial charge on any atom is 0.323 e. The van der Waals surface area contributed by atoms with Gasteiger partial charge in [0.1, 0.15) is 12.3 Å². The predicted octanol–water partition coefficient (Wildman–Crippen LogP) is 0.730. The van der Waals surface area contributed by atoms with Crippen molar-refractivity contribution in [2.24, 2.45) is 0 Å². The van der Waals surface area contributed by atoms with Crippen LogP contribution in [0.15, 0.2) is 30.9 Å². The number of amides is 2. The summed E-state index contributed by atoms with van der Waals surface area (Å²) in [7, 11) is 0. The molecule has 2 rings (SSSR count). The van der Waals surface area contributed by atoms with Gasteiger partial charge in [0, 0.05) is 12.1 Å². The molecule has 7 nitrogen and oxygen atoms in total. The molecule has 1 aliphatic rings. The number of ether oxygens (including phenoxy) is 1. The molecule has 1 heterocycles. The minimum absolute atomic E-state index is 0.0676. The van der Waals surface area contributed by atoms with Crippen LogP contribution in [0, 0.1) is 0 Å². The minimum Gasteiger partial charge on any atom is -0.482 e. The summed E-state index contributed by atoms with van der Waals surface area (Å²) in [6.45, 7) is 3.12. The fourth-order valence-corrected chi connectivity index (χ4v) is 1.94. The molecule has 2 N–H and O–H groups in total. The average molecular weight is 290 g/mol. The molecule has 7 heteroatoms. The van der Waals surface area contributed by atoms with Crippen molar-refractivity contribution in [1.29, 1.82) is 0 Å². The van der Waals surface area contributed by atoms with Crippen molar-refractivity contribution in [2.45, 2.75) is 0 Å². The van der Waals surface area contributed by atoms with Crippen molar-refractivity contribution in [3.63, 3.8) is 0 Å². The lowest BCUT2D eigenvalue weighted by atomic mass is 10.1. The van der Waals surface area contributed by atoms with Crippen LogP contribution in [0.4, 0.5) is 5.69 Å². The van der Waals surface area contributed by atoms with E-state index in [1.54, 1.807) is 6.07 Å². The highest BCUT2D eigenvalue weighted by Crippen LogP contribution is 2.28. The molecule has 0 unspecified atom stereocenters. The zero-order valence-corrected chi connectivity index (χ0v) is 11.2. The molecule has 0 aliphatic carbocycles. The maximum absolute atomic E-state index is 12.3. The van der Waals surface area contributed by atoms with Gasteiger partial charge in [-0.15, -0.1) is 6.58 Å². The van der Waals surface area contributed by atoms with Gasteiger partial charge < -0.3 is 20.1 Å². The van der Waals surface area contributed by atoms with Gasteiger partial charge in [-0.05, 0) is 18.2 Å². The number of benzene rings is 1. The third-order valence-corrected chi connectivity index (χ3v) is 2.82. The Bertz CT molecular complexity index is 611. The van der Waals surface area contributed by atoms with E-state index < -0.39 is 18.4 Å². The average Bonchev–Trinajstić information content (AvgIpc) is 2.44. The monoisotopic (exact) mass is 290 g/mol. The molecule has 0 saturated carbocycles. The highest BCUT2D eigenvalue weighted by molar-refractivity contribution is 6.00. The highest BCUT2D eigenvalue weighted by atomic mass is 16.5.